The summed E-state index contributed by atoms with van der Waals surface area (Å²) in [7, 11) is 0. The summed E-state index contributed by atoms with van der Waals surface area (Å²) in [6.07, 6.45) is 13.4. The minimum Gasteiger partial charge on any atom is -0.313 e. The molecule has 1 atom stereocenters. The third-order valence-corrected chi connectivity index (χ3v) is 5.40. The lowest BCUT2D eigenvalue weighted by atomic mass is 9.57. The van der Waals surface area contributed by atoms with Crippen LogP contribution in [0.3, 0.4) is 0 Å². The van der Waals surface area contributed by atoms with E-state index in [1.165, 1.54) is 64.3 Å². The van der Waals surface area contributed by atoms with Crippen molar-refractivity contribution in [3.05, 3.63) is 0 Å². The van der Waals surface area contributed by atoms with Crippen LogP contribution < -0.4 is 5.32 Å². The van der Waals surface area contributed by atoms with Gasteiger partial charge in [0.1, 0.15) is 0 Å². The molecule has 3 fully saturated rings. The van der Waals surface area contributed by atoms with E-state index in [2.05, 4.69) is 12.2 Å². The Labute approximate surface area is 94.0 Å². The summed E-state index contributed by atoms with van der Waals surface area (Å²) < 4.78 is 0. The van der Waals surface area contributed by atoms with Crippen LogP contribution in [0.25, 0.3) is 0 Å². The minimum atomic E-state index is 0.686. The molecule has 0 aromatic heterocycles. The summed E-state index contributed by atoms with van der Waals surface area (Å²) in [4.78, 5) is 0. The summed E-state index contributed by atoms with van der Waals surface area (Å²) in [5.74, 6) is 0. The average Bonchev–Trinajstić information content (AvgIpc) is 2.97. The van der Waals surface area contributed by atoms with Crippen LogP contribution in [0.2, 0.25) is 0 Å². The molecule has 15 heavy (non-hydrogen) atoms. The van der Waals surface area contributed by atoms with Crippen LogP contribution in [-0.2, 0) is 0 Å². The van der Waals surface area contributed by atoms with E-state index < -0.39 is 0 Å². The number of nitrogens with one attached hydrogen (secondary N) is 1. The minimum absolute atomic E-state index is 0.686. The molecular formula is C14H25N. The topological polar surface area (TPSA) is 12.0 Å². The lowest BCUT2D eigenvalue weighted by Crippen LogP contribution is -2.55. The Morgan fingerprint density at radius 1 is 1.00 bits per heavy atom. The van der Waals surface area contributed by atoms with Crippen LogP contribution in [0, 0.1) is 10.8 Å². The number of hydrogen-bond donors (Lipinski definition) is 1. The van der Waals surface area contributed by atoms with E-state index in [9.17, 15) is 0 Å². The Morgan fingerprint density at radius 2 is 1.73 bits per heavy atom. The lowest BCUT2D eigenvalue weighted by molar-refractivity contribution is 0.0208. The van der Waals surface area contributed by atoms with Gasteiger partial charge in [-0.1, -0.05) is 26.2 Å². The van der Waals surface area contributed by atoms with Crippen molar-refractivity contribution in [2.45, 2.75) is 70.8 Å². The molecule has 3 saturated carbocycles. The van der Waals surface area contributed by atoms with Crippen molar-refractivity contribution in [3.63, 3.8) is 0 Å². The Morgan fingerprint density at radius 3 is 2.27 bits per heavy atom. The van der Waals surface area contributed by atoms with Crippen LogP contribution in [-0.4, -0.2) is 12.6 Å². The third-order valence-electron chi connectivity index (χ3n) is 5.40. The monoisotopic (exact) mass is 207 g/mol. The van der Waals surface area contributed by atoms with Crippen molar-refractivity contribution in [2.75, 3.05) is 6.54 Å². The predicted molar refractivity (Wildman–Crippen MR) is 63.9 cm³/mol. The predicted octanol–water partition coefficient (Wildman–Crippen LogP) is 3.49. The van der Waals surface area contributed by atoms with Gasteiger partial charge in [0.05, 0.1) is 0 Å². The zero-order valence-corrected chi connectivity index (χ0v) is 10.1. The van der Waals surface area contributed by atoms with Crippen molar-refractivity contribution in [3.8, 4) is 0 Å². The highest BCUT2D eigenvalue weighted by molar-refractivity contribution is 5.03. The van der Waals surface area contributed by atoms with Gasteiger partial charge in [0.2, 0.25) is 0 Å². The smallest absolute Gasteiger partial charge is 0.0124 e. The Hall–Kier alpha value is -0.0400. The fourth-order valence-corrected chi connectivity index (χ4v) is 3.63. The van der Waals surface area contributed by atoms with Gasteiger partial charge >= 0.3 is 0 Å². The van der Waals surface area contributed by atoms with Gasteiger partial charge < -0.3 is 5.32 Å². The molecule has 0 aromatic carbocycles. The van der Waals surface area contributed by atoms with E-state index in [4.69, 9.17) is 0 Å². The third kappa shape index (κ3) is 1.84. The molecule has 1 heteroatoms. The molecule has 0 saturated heterocycles. The fraction of sp³-hybridized carbons (Fsp3) is 1.00. The van der Waals surface area contributed by atoms with Crippen LogP contribution in [0.1, 0.15) is 64.7 Å². The van der Waals surface area contributed by atoms with E-state index >= 15 is 0 Å². The van der Waals surface area contributed by atoms with E-state index in [1.54, 1.807) is 0 Å². The zero-order valence-electron chi connectivity index (χ0n) is 10.1. The average molecular weight is 207 g/mol. The van der Waals surface area contributed by atoms with Crippen LogP contribution in [0.4, 0.5) is 0 Å². The number of hydrogen-bond acceptors (Lipinski definition) is 1. The zero-order chi connectivity index (χ0) is 10.4. The van der Waals surface area contributed by atoms with E-state index in [0.717, 1.165) is 11.5 Å². The van der Waals surface area contributed by atoms with Crippen molar-refractivity contribution in [2.24, 2.45) is 10.8 Å². The van der Waals surface area contributed by atoms with Gasteiger partial charge in [-0.15, -0.1) is 0 Å². The van der Waals surface area contributed by atoms with Gasteiger partial charge in [0, 0.05) is 12.6 Å². The maximum absolute atomic E-state index is 3.88. The summed E-state index contributed by atoms with van der Waals surface area (Å²) in [5.41, 5.74) is 1.44. The molecule has 0 amide bonds. The lowest BCUT2D eigenvalue weighted by Gasteiger charge is -2.53. The van der Waals surface area contributed by atoms with Crippen LogP contribution >= 0.6 is 0 Å². The molecule has 0 aliphatic heterocycles. The molecule has 0 heterocycles. The molecule has 0 aromatic rings. The normalized spacial score (nSPS) is 36.2. The maximum atomic E-state index is 3.88. The second-order valence-electron chi connectivity index (χ2n) is 6.71. The second kappa shape index (κ2) is 3.48. The van der Waals surface area contributed by atoms with E-state index in [-0.39, 0.29) is 0 Å². The quantitative estimate of drug-likeness (QED) is 0.747. The molecule has 1 N–H and O–H groups in total. The van der Waals surface area contributed by atoms with Gasteiger partial charge in [0.25, 0.3) is 0 Å². The first-order valence-electron chi connectivity index (χ1n) is 6.96. The fourth-order valence-electron chi connectivity index (χ4n) is 3.63. The Balaban J connectivity index is 1.53. The first-order chi connectivity index (χ1) is 7.23. The van der Waals surface area contributed by atoms with Gasteiger partial charge in [-0.05, 0) is 49.4 Å². The molecule has 3 aliphatic carbocycles. The van der Waals surface area contributed by atoms with Crippen molar-refractivity contribution in [1.29, 1.82) is 0 Å². The van der Waals surface area contributed by atoms with Gasteiger partial charge in [0.15, 0.2) is 0 Å². The summed E-state index contributed by atoms with van der Waals surface area (Å²) >= 11 is 0. The van der Waals surface area contributed by atoms with Crippen molar-refractivity contribution < 1.29 is 0 Å². The van der Waals surface area contributed by atoms with E-state index in [0.29, 0.717) is 5.41 Å². The highest BCUT2D eigenvalue weighted by Crippen LogP contribution is 2.52. The molecule has 1 spiro atoms. The molecule has 3 aliphatic rings. The molecule has 1 nitrogen and oxygen atoms in total. The summed E-state index contributed by atoms with van der Waals surface area (Å²) in [5, 5.41) is 3.88. The second-order valence-corrected chi connectivity index (χ2v) is 6.71. The van der Waals surface area contributed by atoms with Crippen molar-refractivity contribution >= 4 is 0 Å². The Kier molecular flexibility index (Phi) is 2.35. The summed E-state index contributed by atoms with van der Waals surface area (Å²) in [6, 6.07) is 0.884. The summed E-state index contributed by atoms with van der Waals surface area (Å²) in [6.45, 7) is 3.73. The van der Waals surface area contributed by atoms with Crippen LogP contribution in [0.5, 0.6) is 0 Å². The highest BCUT2D eigenvalue weighted by Gasteiger charge is 2.47. The molecule has 86 valence electrons. The first kappa shape index (κ1) is 10.1. The number of rotatable bonds is 3. The maximum Gasteiger partial charge on any atom is 0.0124 e. The molecule has 0 bridgehead atoms. The van der Waals surface area contributed by atoms with Gasteiger partial charge in [-0.2, -0.15) is 0 Å². The van der Waals surface area contributed by atoms with Crippen molar-refractivity contribution in [1.82, 2.24) is 5.32 Å². The van der Waals surface area contributed by atoms with Crippen LogP contribution in [0.15, 0.2) is 0 Å². The standard InChI is InChI=1S/C14H25N/c1-13(9-10-13)11-15-12-5-8-14(12)6-3-2-4-7-14/h12,15H,2-11H2,1H3. The molecular weight excluding hydrogens is 182 g/mol. The first-order valence-corrected chi connectivity index (χ1v) is 6.96. The molecule has 0 radical (unpaired) electrons. The largest absolute Gasteiger partial charge is 0.313 e. The van der Waals surface area contributed by atoms with Gasteiger partial charge in [-0.25, -0.2) is 0 Å². The van der Waals surface area contributed by atoms with Gasteiger partial charge in [-0.3, -0.25) is 0 Å². The SMILES string of the molecule is CC1(CNC2CCC23CCCCC3)CC1. The Bertz CT molecular complexity index is 236. The molecule has 3 rings (SSSR count). The highest BCUT2D eigenvalue weighted by atomic mass is 15.0. The van der Waals surface area contributed by atoms with E-state index in [1.807, 2.05) is 0 Å². The molecule has 1 unspecified atom stereocenters.